The van der Waals surface area contributed by atoms with Gasteiger partial charge < -0.3 is 20.6 Å². The molecule has 1 aliphatic rings. The zero-order chi connectivity index (χ0) is 20.4. The number of nitriles is 1. The van der Waals surface area contributed by atoms with Gasteiger partial charge in [-0.3, -0.25) is 0 Å². The number of halogens is 1. The third kappa shape index (κ3) is 3.92. The first-order valence-corrected chi connectivity index (χ1v) is 9.51. The molecule has 1 saturated carbocycles. The molecule has 4 rings (SSSR count). The number of nitrogens with one attached hydrogen (secondary N) is 2. The van der Waals surface area contributed by atoms with Crippen molar-refractivity contribution in [2.24, 2.45) is 0 Å². The molecule has 0 radical (unpaired) electrons. The van der Waals surface area contributed by atoms with Crippen LogP contribution >= 0.6 is 11.6 Å². The Balaban J connectivity index is 1.72. The Hall–Kier alpha value is -3.40. The van der Waals surface area contributed by atoms with E-state index in [-0.39, 0.29) is 18.4 Å². The number of aromatic nitrogens is 4. The highest BCUT2D eigenvalue weighted by molar-refractivity contribution is 6.33. The molecule has 0 saturated heterocycles. The van der Waals surface area contributed by atoms with Gasteiger partial charge >= 0.3 is 0 Å². The van der Waals surface area contributed by atoms with Gasteiger partial charge in [-0.15, -0.1) is 4.52 Å². The van der Waals surface area contributed by atoms with Crippen molar-refractivity contribution in [1.82, 2.24) is 19.6 Å². The summed E-state index contributed by atoms with van der Waals surface area (Å²) >= 11 is 6.40. The third-order valence-electron chi connectivity index (χ3n) is 4.54. The molecule has 1 fully saturated rings. The molecule has 0 aliphatic heterocycles. The van der Waals surface area contributed by atoms with Gasteiger partial charge in [-0.1, -0.05) is 23.3 Å². The van der Waals surface area contributed by atoms with E-state index < -0.39 is 0 Å². The van der Waals surface area contributed by atoms with Crippen LogP contribution in [0.2, 0.25) is 5.02 Å². The Labute approximate surface area is 171 Å². The lowest BCUT2D eigenvalue weighted by Gasteiger charge is -2.11. The number of fused-ring (bicyclic) bond motifs is 1. The van der Waals surface area contributed by atoms with E-state index in [0.717, 1.165) is 18.4 Å². The van der Waals surface area contributed by atoms with Crippen molar-refractivity contribution in [3.05, 3.63) is 45.9 Å². The highest BCUT2D eigenvalue weighted by atomic mass is 35.5. The number of rotatable bonds is 7. The molecule has 1 aromatic carbocycles. The first-order chi connectivity index (χ1) is 14.1. The number of hydrogen-bond donors (Lipinski definition) is 3. The van der Waals surface area contributed by atoms with Crippen molar-refractivity contribution in [3.8, 4) is 6.07 Å². The van der Waals surface area contributed by atoms with Crippen LogP contribution in [0.1, 0.15) is 30.4 Å². The van der Waals surface area contributed by atoms with Gasteiger partial charge in [0.2, 0.25) is 0 Å². The molecule has 0 spiro atoms. The summed E-state index contributed by atoms with van der Waals surface area (Å²) < 4.78 is 1.43. The van der Waals surface area contributed by atoms with Gasteiger partial charge in [-0.25, -0.2) is 4.98 Å². The fourth-order valence-electron chi connectivity index (χ4n) is 2.93. The van der Waals surface area contributed by atoms with Crippen LogP contribution in [0.4, 0.5) is 23.3 Å². The average Bonchev–Trinajstić information content (AvgIpc) is 3.44. The molecular weight excluding hydrogens is 392 g/mol. The smallest absolute Gasteiger partial charge is 0.275 e. The first-order valence-electron chi connectivity index (χ1n) is 9.13. The molecular formula is C19H17ClN8O. The molecule has 3 N–H and O–H groups in total. The first kappa shape index (κ1) is 18.9. The number of hydrogen-bond acceptors (Lipinski definition) is 7. The maximum Gasteiger partial charge on any atom is 0.275 e. The summed E-state index contributed by atoms with van der Waals surface area (Å²) in [7, 11) is 0. The summed E-state index contributed by atoms with van der Waals surface area (Å²) in [5.41, 5.74) is 2.20. The summed E-state index contributed by atoms with van der Waals surface area (Å²) in [6, 6.07) is 5.85. The SMILES string of the molecule is [C-]#[N+]c1cnc2c(NC3CC3)nc(Nc3cc(C#N)c(CCCO)cc3Cl)nn12. The van der Waals surface area contributed by atoms with Crippen LogP contribution in [-0.4, -0.2) is 37.3 Å². The van der Waals surface area contributed by atoms with Gasteiger partial charge in [-0.05, 0) is 43.4 Å². The Morgan fingerprint density at radius 2 is 2.24 bits per heavy atom. The lowest BCUT2D eigenvalue weighted by Crippen LogP contribution is -2.10. The van der Waals surface area contributed by atoms with E-state index in [1.807, 2.05) is 0 Å². The van der Waals surface area contributed by atoms with Gasteiger partial charge in [0.1, 0.15) is 0 Å². The molecule has 10 heteroatoms. The second kappa shape index (κ2) is 7.92. The molecule has 0 atom stereocenters. The second-order valence-electron chi connectivity index (χ2n) is 6.72. The monoisotopic (exact) mass is 408 g/mol. The molecule has 0 bridgehead atoms. The lowest BCUT2D eigenvalue weighted by molar-refractivity contribution is 0.288. The van der Waals surface area contributed by atoms with Crippen LogP contribution in [0, 0.1) is 17.9 Å². The predicted molar refractivity (Wildman–Crippen MR) is 109 cm³/mol. The molecule has 1 aliphatic carbocycles. The fourth-order valence-corrected chi connectivity index (χ4v) is 3.16. The maximum atomic E-state index is 9.46. The summed E-state index contributed by atoms with van der Waals surface area (Å²) in [6.07, 6.45) is 4.67. The van der Waals surface area contributed by atoms with Crippen LogP contribution in [-0.2, 0) is 6.42 Å². The van der Waals surface area contributed by atoms with E-state index in [9.17, 15) is 5.26 Å². The van der Waals surface area contributed by atoms with Crippen molar-refractivity contribution in [1.29, 1.82) is 5.26 Å². The fraction of sp³-hybridized carbons (Fsp3) is 0.316. The van der Waals surface area contributed by atoms with Crippen molar-refractivity contribution in [2.75, 3.05) is 17.2 Å². The molecule has 9 nitrogen and oxygen atoms in total. The Morgan fingerprint density at radius 3 is 2.93 bits per heavy atom. The van der Waals surface area contributed by atoms with Gasteiger partial charge in [0.25, 0.3) is 17.4 Å². The van der Waals surface area contributed by atoms with Crippen LogP contribution in [0.3, 0.4) is 0 Å². The number of benzene rings is 1. The summed E-state index contributed by atoms with van der Waals surface area (Å²) in [6.45, 7) is 7.36. The van der Waals surface area contributed by atoms with E-state index >= 15 is 0 Å². The normalized spacial score (nSPS) is 13.1. The second-order valence-corrected chi connectivity index (χ2v) is 7.13. The quantitative estimate of drug-likeness (QED) is 0.513. The highest BCUT2D eigenvalue weighted by Gasteiger charge is 2.25. The Morgan fingerprint density at radius 1 is 1.41 bits per heavy atom. The molecule has 2 aromatic heterocycles. The maximum absolute atomic E-state index is 9.46. The third-order valence-corrected chi connectivity index (χ3v) is 4.85. The Kier molecular flexibility index (Phi) is 5.17. The van der Waals surface area contributed by atoms with Crippen molar-refractivity contribution in [3.63, 3.8) is 0 Å². The number of anilines is 3. The van der Waals surface area contributed by atoms with E-state index in [4.69, 9.17) is 23.3 Å². The van der Waals surface area contributed by atoms with Crippen molar-refractivity contribution in [2.45, 2.75) is 31.7 Å². The van der Waals surface area contributed by atoms with Crippen molar-refractivity contribution < 1.29 is 5.11 Å². The molecule has 0 unspecified atom stereocenters. The lowest BCUT2D eigenvalue weighted by atomic mass is 10.0. The Bertz CT molecular complexity index is 1160. The van der Waals surface area contributed by atoms with Crippen LogP contribution < -0.4 is 10.6 Å². The zero-order valence-electron chi connectivity index (χ0n) is 15.4. The number of aliphatic hydroxyl groups is 1. The van der Waals surface area contributed by atoms with Crippen LogP contribution in [0.15, 0.2) is 18.3 Å². The van der Waals surface area contributed by atoms with Gasteiger partial charge in [0.15, 0.2) is 5.82 Å². The molecule has 2 heterocycles. The van der Waals surface area contributed by atoms with Crippen molar-refractivity contribution >= 4 is 40.5 Å². The van der Waals surface area contributed by atoms with Crippen LogP contribution in [0.25, 0.3) is 10.5 Å². The largest absolute Gasteiger partial charge is 0.396 e. The minimum absolute atomic E-state index is 0.0431. The summed E-state index contributed by atoms with van der Waals surface area (Å²) in [5.74, 6) is 1.04. The molecule has 29 heavy (non-hydrogen) atoms. The number of imidazole rings is 1. The standard InChI is InChI=1S/C19H17ClN8O/c1-22-16-10-23-18-17(24-13-4-5-13)26-19(27-28(16)18)25-15-8-12(9-21)11(3-2-6-29)7-14(15)20/h7-8,10,13,29H,2-6H2,(H2,24,25,26,27). The summed E-state index contributed by atoms with van der Waals surface area (Å²) in [5, 5.41) is 29.6. The van der Waals surface area contributed by atoms with Gasteiger partial charge in [-0.2, -0.15) is 10.2 Å². The topological polar surface area (TPSA) is 116 Å². The van der Waals surface area contributed by atoms with Crippen LogP contribution in [0.5, 0.6) is 0 Å². The molecule has 3 aromatic rings. The molecule has 146 valence electrons. The number of aryl methyl sites for hydroxylation is 1. The summed E-state index contributed by atoms with van der Waals surface area (Å²) in [4.78, 5) is 12.2. The molecule has 0 amide bonds. The zero-order valence-corrected chi connectivity index (χ0v) is 16.1. The highest BCUT2D eigenvalue weighted by Crippen LogP contribution is 2.31. The van der Waals surface area contributed by atoms with E-state index in [1.165, 1.54) is 10.7 Å². The van der Waals surface area contributed by atoms with E-state index in [1.54, 1.807) is 12.1 Å². The van der Waals surface area contributed by atoms with E-state index in [0.29, 0.717) is 46.6 Å². The predicted octanol–water partition coefficient (Wildman–Crippen LogP) is 3.44. The van der Waals surface area contributed by atoms with Gasteiger partial charge in [0.05, 0.1) is 28.5 Å². The average molecular weight is 409 g/mol. The number of nitrogens with zero attached hydrogens (tertiary/aromatic N) is 6. The minimum Gasteiger partial charge on any atom is -0.396 e. The van der Waals surface area contributed by atoms with E-state index in [2.05, 4.69) is 36.6 Å². The number of aliphatic hydroxyl groups excluding tert-OH is 1. The van der Waals surface area contributed by atoms with Gasteiger partial charge in [0, 0.05) is 12.6 Å². The minimum atomic E-state index is 0.0431.